The monoisotopic (exact) mass is 374 g/mol. The SMILES string of the molecule is COc1ccc(CN(C)C(=O)c2cccc(N3CCCS3(=O)=O)c2)cc1. The zero-order chi connectivity index (χ0) is 18.7. The van der Waals surface area contributed by atoms with E-state index < -0.39 is 10.0 Å². The second-order valence-corrected chi connectivity index (χ2v) is 8.31. The lowest BCUT2D eigenvalue weighted by atomic mass is 10.1. The minimum absolute atomic E-state index is 0.153. The first-order valence-electron chi connectivity index (χ1n) is 8.39. The zero-order valence-corrected chi connectivity index (χ0v) is 15.7. The molecule has 1 saturated heterocycles. The molecule has 0 radical (unpaired) electrons. The highest BCUT2D eigenvalue weighted by Gasteiger charge is 2.28. The van der Waals surface area contributed by atoms with E-state index in [0.717, 1.165) is 11.3 Å². The molecule has 0 bridgehead atoms. The number of anilines is 1. The van der Waals surface area contributed by atoms with Gasteiger partial charge in [-0.05, 0) is 42.3 Å². The molecule has 1 heterocycles. The summed E-state index contributed by atoms with van der Waals surface area (Å²) in [7, 11) is 0.0759. The molecule has 0 aromatic heterocycles. The Kier molecular flexibility index (Phi) is 5.18. The molecule has 1 fully saturated rings. The predicted octanol–water partition coefficient (Wildman–Crippen LogP) is 2.51. The lowest BCUT2D eigenvalue weighted by Gasteiger charge is -2.20. The van der Waals surface area contributed by atoms with Crippen LogP contribution in [0.25, 0.3) is 0 Å². The molecule has 0 spiro atoms. The third kappa shape index (κ3) is 3.83. The van der Waals surface area contributed by atoms with Gasteiger partial charge in [-0.1, -0.05) is 18.2 Å². The number of hydrogen-bond acceptors (Lipinski definition) is 4. The number of ether oxygens (including phenoxy) is 1. The van der Waals surface area contributed by atoms with Crippen molar-refractivity contribution in [3.05, 3.63) is 59.7 Å². The lowest BCUT2D eigenvalue weighted by molar-refractivity contribution is 0.0785. The maximum absolute atomic E-state index is 12.7. The van der Waals surface area contributed by atoms with E-state index in [-0.39, 0.29) is 11.7 Å². The van der Waals surface area contributed by atoms with Gasteiger partial charge in [0, 0.05) is 25.7 Å². The van der Waals surface area contributed by atoms with Crippen LogP contribution in [0.1, 0.15) is 22.3 Å². The van der Waals surface area contributed by atoms with Gasteiger partial charge in [-0.15, -0.1) is 0 Å². The van der Waals surface area contributed by atoms with Crippen molar-refractivity contribution in [2.24, 2.45) is 0 Å². The summed E-state index contributed by atoms with van der Waals surface area (Å²) in [5.74, 6) is 0.768. The van der Waals surface area contributed by atoms with Crippen molar-refractivity contribution in [3.63, 3.8) is 0 Å². The highest BCUT2D eigenvalue weighted by atomic mass is 32.2. The first-order chi connectivity index (χ1) is 12.4. The minimum Gasteiger partial charge on any atom is -0.497 e. The Morgan fingerprint density at radius 1 is 1.19 bits per heavy atom. The molecule has 138 valence electrons. The molecule has 1 aliphatic rings. The average Bonchev–Trinajstić information content (AvgIpc) is 3.01. The van der Waals surface area contributed by atoms with E-state index in [2.05, 4.69) is 0 Å². The molecule has 26 heavy (non-hydrogen) atoms. The van der Waals surface area contributed by atoms with Crippen molar-refractivity contribution in [1.29, 1.82) is 0 Å². The summed E-state index contributed by atoms with van der Waals surface area (Å²) in [4.78, 5) is 14.3. The van der Waals surface area contributed by atoms with Gasteiger partial charge < -0.3 is 9.64 Å². The Balaban J connectivity index is 1.75. The minimum atomic E-state index is -3.26. The van der Waals surface area contributed by atoms with E-state index in [1.165, 1.54) is 4.31 Å². The summed E-state index contributed by atoms with van der Waals surface area (Å²) >= 11 is 0. The van der Waals surface area contributed by atoms with Gasteiger partial charge in [0.1, 0.15) is 5.75 Å². The molecule has 0 atom stereocenters. The van der Waals surface area contributed by atoms with Crippen LogP contribution in [0.15, 0.2) is 48.5 Å². The summed E-state index contributed by atoms with van der Waals surface area (Å²) in [5.41, 5.74) is 2.01. The topological polar surface area (TPSA) is 66.9 Å². The fraction of sp³-hybridized carbons (Fsp3) is 0.316. The Bertz CT molecular complexity index is 894. The van der Waals surface area contributed by atoms with E-state index in [1.54, 1.807) is 43.3 Å². The summed E-state index contributed by atoms with van der Waals surface area (Å²) in [6.45, 7) is 0.913. The van der Waals surface area contributed by atoms with Crippen LogP contribution in [-0.2, 0) is 16.6 Å². The maximum atomic E-state index is 12.7. The number of rotatable bonds is 5. The van der Waals surface area contributed by atoms with Crippen LogP contribution in [0.5, 0.6) is 5.75 Å². The van der Waals surface area contributed by atoms with Crippen molar-refractivity contribution in [3.8, 4) is 5.75 Å². The number of carbonyl (C=O) groups excluding carboxylic acids is 1. The lowest BCUT2D eigenvalue weighted by Crippen LogP contribution is -2.28. The normalized spacial score (nSPS) is 15.7. The van der Waals surface area contributed by atoms with E-state index >= 15 is 0 Å². The molecular formula is C19H22N2O4S. The Morgan fingerprint density at radius 3 is 2.54 bits per heavy atom. The highest BCUT2D eigenvalue weighted by molar-refractivity contribution is 7.93. The molecule has 0 saturated carbocycles. The van der Waals surface area contributed by atoms with Crippen LogP contribution in [0.4, 0.5) is 5.69 Å². The summed E-state index contributed by atoms with van der Waals surface area (Å²) in [6, 6.07) is 14.3. The van der Waals surface area contributed by atoms with Gasteiger partial charge in [0.2, 0.25) is 10.0 Å². The number of nitrogens with zero attached hydrogens (tertiary/aromatic N) is 2. The quantitative estimate of drug-likeness (QED) is 0.807. The van der Waals surface area contributed by atoms with Gasteiger partial charge >= 0.3 is 0 Å². The van der Waals surface area contributed by atoms with Gasteiger partial charge in [-0.25, -0.2) is 8.42 Å². The van der Waals surface area contributed by atoms with Crippen LogP contribution in [0.3, 0.4) is 0 Å². The predicted molar refractivity (Wildman–Crippen MR) is 101 cm³/mol. The standard InChI is InChI=1S/C19H22N2O4S/c1-20(14-15-7-9-18(25-2)10-8-15)19(22)16-5-3-6-17(13-16)21-11-4-12-26(21,23)24/h3,5-10,13H,4,11-12,14H2,1-2H3. The molecule has 2 aromatic carbocycles. The fourth-order valence-corrected chi connectivity index (χ4v) is 4.58. The maximum Gasteiger partial charge on any atom is 0.253 e. The van der Waals surface area contributed by atoms with Crippen molar-refractivity contribution >= 4 is 21.6 Å². The third-order valence-corrected chi connectivity index (χ3v) is 6.28. The second kappa shape index (κ2) is 7.37. The molecule has 7 heteroatoms. The van der Waals surface area contributed by atoms with Gasteiger partial charge in [0.15, 0.2) is 0 Å². The van der Waals surface area contributed by atoms with Gasteiger partial charge in [-0.3, -0.25) is 9.10 Å². The molecular weight excluding hydrogens is 352 g/mol. The Hall–Kier alpha value is -2.54. The molecule has 0 unspecified atom stereocenters. The van der Waals surface area contributed by atoms with Gasteiger partial charge in [0.25, 0.3) is 5.91 Å². The first kappa shape index (κ1) is 18.3. The molecule has 0 N–H and O–H groups in total. The number of amides is 1. The van der Waals surface area contributed by atoms with Crippen molar-refractivity contribution in [2.45, 2.75) is 13.0 Å². The van der Waals surface area contributed by atoms with E-state index in [4.69, 9.17) is 4.74 Å². The zero-order valence-electron chi connectivity index (χ0n) is 14.9. The number of methoxy groups -OCH3 is 1. The smallest absolute Gasteiger partial charge is 0.253 e. The van der Waals surface area contributed by atoms with E-state index in [1.807, 2.05) is 24.3 Å². The number of hydrogen-bond donors (Lipinski definition) is 0. The van der Waals surface area contributed by atoms with Gasteiger partial charge in [-0.2, -0.15) is 0 Å². The van der Waals surface area contributed by atoms with Crippen LogP contribution in [0, 0.1) is 0 Å². The van der Waals surface area contributed by atoms with E-state index in [9.17, 15) is 13.2 Å². The van der Waals surface area contributed by atoms with Crippen LogP contribution in [0.2, 0.25) is 0 Å². The largest absolute Gasteiger partial charge is 0.497 e. The molecule has 0 aliphatic carbocycles. The molecule has 1 amide bonds. The molecule has 6 nitrogen and oxygen atoms in total. The third-order valence-electron chi connectivity index (χ3n) is 4.41. The molecule has 2 aromatic rings. The molecule has 1 aliphatic heterocycles. The van der Waals surface area contributed by atoms with Crippen LogP contribution < -0.4 is 9.04 Å². The summed E-state index contributed by atoms with van der Waals surface area (Å²) in [6.07, 6.45) is 0.609. The van der Waals surface area contributed by atoms with Crippen LogP contribution >= 0.6 is 0 Å². The number of sulfonamides is 1. The first-order valence-corrected chi connectivity index (χ1v) is 10.0. The fourth-order valence-electron chi connectivity index (χ4n) is 3.02. The Labute approximate surface area is 154 Å². The summed E-state index contributed by atoms with van der Waals surface area (Å²) in [5, 5.41) is 0. The van der Waals surface area contributed by atoms with Crippen molar-refractivity contribution in [1.82, 2.24) is 4.90 Å². The number of carbonyl (C=O) groups is 1. The van der Waals surface area contributed by atoms with Crippen LogP contribution in [-0.4, -0.2) is 45.7 Å². The summed E-state index contributed by atoms with van der Waals surface area (Å²) < 4.78 is 30.7. The average molecular weight is 374 g/mol. The Morgan fingerprint density at radius 2 is 1.92 bits per heavy atom. The van der Waals surface area contributed by atoms with Gasteiger partial charge in [0.05, 0.1) is 18.6 Å². The van der Waals surface area contributed by atoms with Crippen molar-refractivity contribution in [2.75, 3.05) is 30.8 Å². The van der Waals surface area contributed by atoms with E-state index in [0.29, 0.717) is 30.8 Å². The second-order valence-electron chi connectivity index (χ2n) is 6.30. The number of benzene rings is 2. The highest BCUT2D eigenvalue weighted by Crippen LogP contribution is 2.25. The molecule has 3 rings (SSSR count). The van der Waals surface area contributed by atoms with Crippen molar-refractivity contribution < 1.29 is 17.9 Å².